The van der Waals surface area contributed by atoms with Gasteiger partial charge in [0.15, 0.2) is 0 Å². The number of hydrogen-bond acceptors (Lipinski definition) is 7. The van der Waals surface area contributed by atoms with E-state index in [1.807, 2.05) is 19.1 Å². The summed E-state index contributed by atoms with van der Waals surface area (Å²) in [6.07, 6.45) is 0. The van der Waals surface area contributed by atoms with Crippen molar-refractivity contribution in [2.75, 3.05) is 17.7 Å². The lowest BCUT2D eigenvalue weighted by Gasteiger charge is -2.09. The molecular weight excluding hydrogens is 472 g/mol. The zero-order chi connectivity index (χ0) is 23.3. The maximum Gasteiger partial charge on any atom is 0.341 e. The van der Waals surface area contributed by atoms with Crippen molar-refractivity contribution in [1.29, 1.82) is 0 Å². The Kier molecular flexibility index (Phi) is 7.89. The van der Waals surface area contributed by atoms with Crippen LogP contribution in [-0.4, -0.2) is 29.2 Å². The summed E-state index contributed by atoms with van der Waals surface area (Å²) in [5.74, 6) is -0.689. The Morgan fingerprint density at radius 3 is 2.41 bits per heavy atom. The second-order valence-corrected chi connectivity index (χ2v) is 9.26. The summed E-state index contributed by atoms with van der Waals surface area (Å²) in [6.45, 7) is 3.69. The monoisotopic (exact) mass is 490 g/mol. The Labute approximate surface area is 197 Å². The molecule has 1 N–H and O–H groups in total. The molecule has 0 radical (unpaired) electrons. The maximum absolute atomic E-state index is 12.7. The number of aryl methyl sites for hydroxylation is 1. The van der Waals surface area contributed by atoms with Crippen LogP contribution in [0.5, 0.6) is 0 Å². The van der Waals surface area contributed by atoms with E-state index in [0.717, 1.165) is 9.77 Å². The first-order valence-electron chi connectivity index (χ1n) is 9.53. The summed E-state index contributed by atoms with van der Waals surface area (Å²) >= 11 is 8.49. The molecule has 1 aromatic heterocycles. The number of halogens is 1. The summed E-state index contributed by atoms with van der Waals surface area (Å²) in [5.41, 5.74) is 1.41. The highest BCUT2D eigenvalue weighted by Gasteiger charge is 2.26. The number of esters is 1. The Hall–Kier alpha value is -2.88. The fourth-order valence-electron chi connectivity index (χ4n) is 2.97. The van der Waals surface area contributed by atoms with Crippen LogP contribution >= 0.6 is 34.7 Å². The third-order valence-electron chi connectivity index (χ3n) is 4.37. The number of nitrogens with one attached hydrogen (secondary N) is 1. The highest BCUT2D eigenvalue weighted by atomic mass is 35.5. The van der Waals surface area contributed by atoms with Gasteiger partial charge in [-0.1, -0.05) is 11.6 Å². The molecule has 0 unspecified atom stereocenters. The van der Waals surface area contributed by atoms with Gasteiger partial charge in [0.1, 0.15) is 10.6 Å². The van der Waals surface area contributed by atoms with Crippen LogP contribution < -0.4 is 5.32 Å². The zero-order valence-corrected chi connectivity index (χ0v) is 19.6. The number of hydrogen-bond donors (Lipinski definition) is 1. The van der Waals surface area contributed by atoms with Gasteiger partial charge >= 0.3 is 5.97 Å². The molecule has 0 atom stereocenters. The number of nitro groups is 1. The van der Waals surface area contributed by atoms with Crippen LogP contribution in [0.25, 0.3) is 11.1 Å². The Morgan fingerprint density at radius 1 is 1.16 bits per heavy atom. The average molecular weight is 491 g/mol. The molecule has 0 fully saturated rings. The van der Waals surface area contributed by atoms with Gasteiger partial charge in [0.25, 0.3) is 5.69 Å². The molecule has 166 valence electrons. The van der Waals surface area contributed by atoms with Crippen LogP contribution in [0.3, 0.4) is 0 Å². The summed E-state index contributed by atoms with van der Waals surface area (Å²) < 4.78 is 5.22. The third-order valence-corrected chi connectivity index (χ3v) is 6.65. The first-order valence-corrected chi connectivity index (χ1v) is 11.7. The molecule has 0 saturated heterocycles. The van der Waals surface area contributed by atoms with Gasteiger partial charge in [0.2, 0.25) is 5.91 Å². The van der Waals surface area contributed by atoms with E-state index >= 15 is 0 Å². The third kappa shape index (κ3) is 5.67. The van der Waals surface area contributed by atoms with Crippen molar-refractivity contribution >= 4 is 57.3 Å². The molecule has 0 saturated carbocycles. The number of ether oxygens (including phenoxy) is 1. The van der Waals surface area contributed by atoms with Crippen LogP contribution in [-0.2, 0) is 9.53 Å². The van der Waals surface area contributed by atoms with Crippen LogP contribution in [0.15, 0.2) is 53.4 Å². The molecule has 3 rings (SSSR count). The minimum absolute atomic E-state index is 0.0490. The van der Waals surface area contributed by atoms with Crippen molar-refractivity contribution < 1.29 is 19.2 Å². The molecule has 0 aliphatic rings. The van der Waals surface area contributed by atoms with Crippen LogP contribution in [0, 0.1) is 17.0 Å². The van der Waals surface area contributed by atoms with Crippen molar-refractivity contribution in [2.24, 2.45) is 0 Å². The molecule has 1 heterocycles. The number of thioether (sulfide) groups is 1. The van der Waals surface area contributed by atoms with E-state index in [-0.39, 0.29) is 29.5 Å². The largest absolute Gasteiger partial charge is 0.462 e. The predicted octanol–water partition coefficient (Wildman–Crippen LogP) is 6.19. The quantitative estimate of drug-likeness (QED) is 0.175. The van der Waals surface area contributed by atoms with Gasteiger partial charge < -0.3 is 10.1 Å². The van der Waals surface area contributed by atoms with Crippen LogP contribution in [0.1, 0.15) is 22.2 Å². The first kappa shape index (κ1) is 23.8. The summed E-state index contributed by atoms with van der Waals surface area (Å²) in [7, 11) is 0. The number of rotatable bonds is 8. The van der Waals surface area contributed by atoms with E-state index in [9.17, 15) is 19.7 Å². The molecular formula is C22H19ClN2O5S2. The minimum Gasteiger partial charge on any atom is -0.462 e. The molecule has 0 spiro atoms. The SMILES string of the molecule is CCOC(=O)c1c(NC(=O)CSc2ccc(Cl)cc2)sc(C)c1-c1ccc([N+](=O)[O-])cc1. The number of non-ortho nitro benzene ring substituents is 1. The lowest BCUT2D eigenvalue weighted by Crippen LogP contribution is -2.16. The number of thiophene rings is 1. The van der Waals surface area contributed by atoms with E-state index in [4.69, 9.17) is 16.3 Å². The van der Waals surface area contributed by atoms with Gasteiger partial charge in [-0.2, -0.15) is 0 Å². The minimum atomic E-state index is -0.564. The number of nitrogens with zero attached hydrogens (tertiary/aromatic N) is 1. The zero-order valence-electron chi connectivity index (χ0n) is 17.2. The first-order chi connectivity index (χ1) is 15.3. The second-order valence-electron chi connectivity index (χ2n) is 6.55. The van der Waals surface area contributed by atoms with Gasteiger partial charge in [-0.25, -0.2) is 4.79 Å². The molecule has 0 bridgehead atoms. The van der Waals surface area contributed by atoms with Gasteiger partial charge in [-0.3, -0.25) is 14.9 Å². The topological polar surface area (TPSA) is 98.5 Å². The second kappa shape index (κ2) is 10.6. The van der Waals surface area contributed by atoms with Crippen molar-refractivity contribution in [1.82, 2.24) is 0 Å². The van der Waals surface area contributed by atoms with E-state index in [2.05, 4.69) is 5.32 Å². The highest BCUT2D eigenvalue weighted by molar-refractivity contribution is 8.00. The van der Waals surface area contributed by atoms with E-state index in [1.165, 1.54) is 35.2 Å². The Bertz CT molecular complexity index is 1140. The number of benzene rings is 2. The molecule has 32 heavy (non-hydrogen) atoms. The standard InChI is InChI=1S/C22H19ClN2O5S2/c1-3-30-22(27)20-19(14-4-8-16(9-5-14)25(28)29)13(2)32-21(20)24-18(26)12-31-17-10-6-15(23)7-11-17/h4-11H,3,12H2,1-2H3,(H,24,26). The Morgan fingerprint density at radius 2 is 1.81 bits per heavy atom. The van der Waals surface area contributed by atoms with Gasteiger partial charge in [-0.05, 0) is 55.8 Å². The Balaban J connectivity index is 1.87. The van der Waals surface area contributed by atoms with Crippen LogP contribution in [0.4, 0.5) is 10.7 Å². The van der Waals surface area contributed by atoms with Gasteiger partial charge in [0.05, 0.1) is 17.3 Å². The fraction of sp³-hybridized carbons (Fsp3) is 0.182. The lowest BCUT2D eigenvalue weighted by atomic mass is 10.0. The van der Waals surface area contributed by atoms with Crippen LogP contribution in [0.2, 0.25) is 5.02 Å². The molecule has 10 heteroatoms. The number of carbonyl (C=O) groups excluding carboxylic acids is 2. The average Bonchev–Trinajstić information content (AvgIpc) is 3.09. The molecule has 0 aliphatic carbocycles. The summed E-state index contributed by atoms with van der Waals surface area (Å²) in [5, 5.41) is 14.8. The smallest absolute Gasteiger partial charge is 0.341 e. The molecule has 1 amide bonds. The summed E-state index contributed by atoms with van der Waals surface area (Å²) in [6, 6.07) is 13.1. The van der Waals surface area contributed by atoms with Crippen molar-refractivity contribution in [3.63, 3.8) is 0 Å². The lowest BCUT2D eigenvalue weighted by molar-refractivity contribution is -0.384. The predicted molar refractivity (Wildman–Crippen MR) is 128 cm³/mol. The number of carbonyl (C=O) groups is 2. The highest BCUT2D eigenvalue weighted by Crippen LogP contribution is 2.41. The number of amides is 1. The summed E-state index contributed by atoms with van der Waals surface area (Å²) in [4.78, 5) is 37.5. The normalized spacial score (nSPS) is 10.6. The van der Waals surface area contributed by atoms with E-state index in [0.29, 0.717) is 21.2 Å². The van der Waals surface area contributed by atoms with Crippen molar-refractivity contribution in [3.8, 4) is 11.1 Å². The van der Waals surface area contributed by atoms with Gasteiger partial charge in [-0.15, -0.1) is 23.1 Å². The number of nitro benzene ring substituents is 1. The van der Waals surface area contributed by atoms with E-state index in [1.54, 1.807) is 31.2 Å². The molecule has 3 aromatic rings. The van der Waals surface area contributed by atoms with Crippen molar-refractivity contribution in [2.45, 2.75) is 18.7 Å². The van der Waals surface area contributed by atoms with E-state index < -0.39 is 10.9 Å². The van der Waals surface area contributed by atoms with Gasteiger partial charge in [0, 0.05) is 32.5 Å². The molecule has 0 aliphatic heterocycles. The number of anilines is 1. The maximum atomic E-state index is 12.7. The van der Waals surface area contributed by atoms with Crippen molar-refractivity contribution in [3.05, 3.63) is 74.1 Å². The fourth-order valence-corrected chi connectivity index (χ4v) is 4.88. The molecule has 2 aromatic carbocycles. The molecule has 7 nitrogen and oxygen atoms in total.